The highest BCUT2D eigenvalue weighted by Crippen LogP contribution is 2.23. The minimum atomic E-state index is -0.455. The third-order valence-electron chi connectivity index (χ3n) is 3.86. The quantitative estimate of drug-likeness (QED) is 0.796. The number of hydrogen-bond donors (Lipinski definition) is 2. The van der Waals surface area contributed by atoms with Crippen LogP contribution in [0.3, 0.4) is 0 Å². The van der Waals surface area contributed by atoms with Crippen LogP contribution < -0.4 is 5.32 Å². The zero-order chi connectivity index (χ0) is 13.5. The number of furan rings is 1. The Balaban J connectivity index is 1.57. The first-order chi connectivity index (χ1) is 9.25. The molecule has 3 atom stereocenters. The van der Waals surface area contributed by atoms with Gasteiger partial charge in [-0.15, -0.1) is 0 Å². The molecule has 1 heterocycles. The summed E-state index contributed by atoms with van der Waals surface area (Å²) in [6, 6.07) is 4.25. The standard InChI is InChI=1S/C15H25NO3/c1-12-5-2-3-7-15(12)16-9-13(17)10-18-11-14-6-4-8-19-14/h4,6,8,12-13,15-17H,2-3,5,7,9-11H2,1H3. The maximum Gasteiger partial charge on any atom is 0.129 e. The van der Waals surface area contributed by atoms with E-state index in [9.17, 15) is 5.11 Å². The summed E-state index contributed by atoms with van der Waals surface area (Å²) in [6.07, 6.45) is 6.33. The Morgan fingerprint density at radius 3 is 3.05 bits per heavy atom. The SMILES string of the molecule is CC1CCCCC1NCC(O)COCc1ccco1. The molecule has 1 aliphatic carbocycles. The lowest BCUT2D eigenvalue weighted by Crippen LogP contribution is -2.42. The Morgan fingerprint density at radius 1 is 1.47 bits per heavy atom. The van der Waals surface area contributed by atoms with E-state index in [-0.39, 0.29) is 0 Å². The molecule has 0 bridgehead atoms. The molecule has 108 valence electrons. The summed E-state index contributed by atoms with van der Waals surface area (Å²) >= 11 is 0. The highest BCUT2D eigenvalue weighted by molar-refractivity contribution is 4.96. The fraction of sp³-hybridized carbons (Fsp3) is 0.733. The number of rotatable bonds is 7. The van der Waals surface area contributed by atoms with Gasteiger partial charge >= 0.3 is 0 Å². The van der Waals surface area contributed by atoms with Crippen molar-refractivity contribution in [3.8, 4) is 0 Å². The molecule has 19 heavy (non-hydrogen) atoms. The molecule has 1 aliphatic rings. The van der Waals surface area contributed by atoms with Crippen LogP contribution in [0.4, 0.5) is 0 Å². The number of aliphatic hydroxyl groups is 1. The second kappa shape index (κ2) is 7.68. The van der Waals surface area contributed by atoms with E-state index in [4.69, 9.17) is 9.15 Å². The number of aliphatic hydroxyl groups excluding tert-OH is 1. The van der Waals surface area contributed by atoms with Gasteiger partial charge in [0.15, 0.2) is 0 Å². The molecule has 1 saturated carbocycles. The van der Waals surface area contributed by atoms with E-state index in [0.717, 1.165) is 5.76 Å². The molecule has 0 aliphatic heterocycles. The first-order valence-corrected chi connectivity index (χ1v) is 7.27. The summed E-state index contributed by atoms with van der Waals surface area (Å²) in [7, 11) is 0. The van der Waals surface area contributed by atoms with Gasteiger partial charge < -0.3 is 19.6 Å². The lowest BCUT2D eigenvalue weighted by Gasteiger charge is -2.30. The first kappa shape index (κ1) is 14.6. The van der Waals surface area contributed by atoms with E-state index in [0.29, 0.717) is 31.7 Å². The number of nitrogens with one attached hydrogen (secondary N) is 1. The van der Waals surface area contributed by atoms with Crippen molar-refractivity contribution in [1.29, 1.82) is 0 Å². The van der Waals surface area contributed by atoms with E-state index in [1.165, 1.54) is 25.7 Å². The zero-order valence-electron chi connectivity index (χ0n) is 11.7. The van der Waals surface area contributed by atoms with Crippen LogP contribution in [0.1, 0.15) is 38.4 Å². The van der Waals surface area contributed by atoms with E-state index in [2.05, 4.69) is 12.2 Å². The summed E-state index contributed by atoms with van der Waals surface area (Å²) in [4.78, 5) is 0. The maximum absolute atomic E-state index is 9.88. The van der Waals surface area contributed by atoms with Gasteiger partial charge in [0.2, 0.25) is 0 Å². The topological polar surface area (TPSA) is 54.6 Å². The normalized spacial score (nSPS) is 25.4. The molecule has 0 amide bonds. The highest BCUT2D eigenvalue weighted by Gasteiger charge is 2.21. The van der Waals surface area contributed by atoms with Crippen molar-refractivity contribution in [2.24, 2.45) is 5.92 Å². The Kier molecular flexibility index (Phi) is 5.89. The summed E-state index contributed by atoms with van der Waals surface area (Å²) < 4.78 is 10.6. The molecule has 2 N–H and O–H groups in total. The number of hydrogen-bond acceptors (Lipinski definition) is 4. The fourth-order valence-electron chi connectivity index (χ4n) is 2.66. The Morgan fingerprint density at radius 2 is 2.32 bits per heavy atom. The van der Waals surface area contributed by atoms with Crippen LogP contribution in [-0.2, 0) is 11.3 Å². The summed E-state index contributed by atoms with van der Waals surface area (Å²) in [6.45, 7) is 3.66. The van der Waals surface area contributed by atoms with Gasteiger partial charge in [-0.2, -0.15) is 0 Å². The van der Waals surface area contributed by atoms with Gasteiger partial charge in [0.25, 0.3) is 0 Å². The van der Waals surface area contributed by atoms with Gasteiger partial charge in [0.1, 0.15) is 12.4 Å². The van der Waals surface area contributed by atoms with Crippen molar-refractivity contribution in [2.75, 3.05) is 13.2 Å². The Hall–Kier alpha value is -0.840. The molecule has 4 heteroatoms. The van der Waals surface area contributed by atoms with Crippen molar-refractivity contribution in [3.05, 3.63) is 24.2 Å². The Labute approximate surface area is 115 Å². The molecule has 3 unspecified atom stereocenters. The van der Waals surface area contributed by atoms with Gasteiger partial charge in [-0.05, 0) is 30.9 Å². The average Bonchev–Trinajstić information content (AvgIpc) is 2.91. The molecule has 4 nitrogen and oxygen atoms in total. The summed E-state index contributed by atoms with van der Waals surface area (Å²) in [5.41, 5.74) is 0. The molecule has 1 fully saturated rings. The van der Waals surface area contributed by atoms with Crippen molar-refractivity contribution in [1.82, 2.24) is 5.32 Å². The van der Waals surface area contributed by atoms with Crippen molar-refractivity contribution in [3.63, 3.8) is 0 Å². The van der Waals surface area contributed by atoms with Crippen LogP contribution in [0, 0.1) is 5.92 Å². The zero-order valence-corrected chi connectivity index (χ0v) is 11.7. The minimum absolute atomic E-state index is 0.342. The van der Waals surface area contributed by atoms with Crippen LogP contribution in [0.15, 0.2) is 22.8 Å². The molecule has 1 aromatic rings. The van der Waals surface area contributed by atoms with Crippen molar-refractivity contribution in [2.45, 2.75) is 51.4 Å². The largest absolute Gasteiger partial charge is 0.467 e. The van der Waals surface area contributed by atoms with Gasteiger partial charge in [0.05, 0.1) is 19.0 Å². The molecular weight excluding hydrogens is 242 g/mol. The van der Waals surface area contributed by atoms with Gasteiger partial charge in [0, 0.05) is 12.6 Å². The molecule has 0 spiro atoms. The van der Waals surface area contributed by atoms with E-state index in [1.807, 2.05) is 12.1 Å². The third-order valence-corrected chi connectivity index (χ3v) is 3.86. The highest BCUT2D eigenvalue weighted by atomic mass is 16.5. The first-order valence-electron chi connectivity index (χ1n) is 7.27. The minimum Gasteiger partial charge on any atom is -0.467 e. The lowest BCUT2D eigenvalue weighted by atomic mass is 9.86. The molecule has 0 radical (unpaired) electrons. The molecular formula is C15H25NO3. The van der Waals surface area contributed by atoms with Crippen LogP contribution in [-0.4, -0.2) is 30.4 Å². The smallest absolute Gasteiger partial charge is 0.129 e. The second-order valence-electron chi connectivity index (χ2n) is 5.52. The monoisotopic (exact) mass is 267 g/mol. The average molecular weight is 267 g/mol. The van der Waals surface area contributed by atoms with E-state index in [1.54, 1.807) is 6.26 Å². The van der Waals surface area contributed by atoms with Gasteiger partial charge in [-0.25, -0.2) is 0 Å². The number of ether oxygens (including phenoxy) is 1. The van der Waals surface area contributed by atoms with Gasteiger partial charge in [-0.3, -0.25) is 0 Å². The molecule has 0 aromatic carbocycles. The van der Waals surface area contributed by atoms with E-state index >= 15 is 0 Å². The predicted molar refractivity (Wildman–Crippen MR) is 73.8 cm³/mol. The van der Waals surface area contributed by atoms with Crippen LogP contribution in [0.25, 0.3) is 0 Å². The molecule has 2 rings (SSSR count). The summed E-state index contributed by atoms with van der Waals surface area (Å²) in [5, 5.41) is 13.3. The predicted octanol–water partition coefficient (Wildman–Crippen LogP) is 2.33. The fourth-order valence-corrected chi connectivity index (χ4v) is 2.66. The van der Waals surface area contributed by atoms with Crippen LogP contribution in [0.5, 0.6) is 0 Å². The Bertz CT molecular complexity index is 339. The third kappa shape index (κ3) is 4.97. The maximum atomic E-state index is 9.88. The van der Waals surface area contributed by atoms with Crippen LogP contribution in [0.2, 0.25) is 0 Å². The summed E-state index contributed by atoms with van der Waals surface area (Å²) in [5.74, 6) is 1.51. The van der Waals surface area contributed by atoms with E-state index < -0.39 is 6.10 Å². The van der Waals surface area contributed by atoms with Crippen molar-refractivity contribution >= 4 is 0 Å². The van der Waals surface area contributed by atoms with Gasteiger partial charge in [-0.1, -0.05) is 19.8 Å². The lowest BCUT2D eigenvalue weighted by molar-refractivity contribution is 0.0201. The molecule has 1 aromatic heterocycles. The van der Waals surface area contributed by atoms with Crippen molar-refractivity contribution < 1.29 is 14.3 Å². The second-order valence-corrected chi connectivity index (χ2v) is 5.52. The van der Waals surface area contributed by atoms with Crippen LogP contribution >= 0.6 is 0 Å². The molecule has 0 saturated heterocycles.